The fraction of sp³-hybridized carbons (Fsp3) is 1.00. The van der Waals surface area contributed by atoms with Crippen LogP contribution >= 0.6 is 0 Å². The highest BCUT2D eigenvalue weighted by molar-refractivity contribution is 4.94. The van der Waals surface area contributed by atoms with Gasteiger partial charge in [0.05, 0.1) is 0 Å². The Morgan fingerprint density at radius 3 is 2.45 bits per heavy atom. The quantitative estimate of drug-likeness (QED) is 0.541. The number of hydrogen-bond donors (Lipinski definition) is 2. The van der Waals surface area contributed by atoms with Crippen LogP contribution in [0.3, 0.4) is 0 Å². The van der Waals surface area contributed by atoms with E-state index in [-0.39, 0.29) is 0 Å². The third kappa shape index (κ3) is 1.57. The second-order valence-electron chi connectivity index (χ2n) is 3.91. The maximum atomic E-state index is 3.67. The second kappa shape index (κ2) is 3.11. The molecule has 0 aliphatic carbocycles. The third-order valence-corrected chi connectivity index (χ3v) is 3.12. The summed E-state index contributed by atoms with van der Waals surface area (Å²) in [5, 5.41) is 7.13. The molecule has 2 fully saturated rings. The van der Waals surface area contributed by atoms with Crippen molar-refractivity contribution in [2.45, 2.75) is 37.6 Å². The maximum Gasteiger partial charge on any atom is 0.0194 e. The van der Waals surface area contributed by atoms with Crippen molar-refractivity contribution in [2.24, 2.45) is 0 Å². The Kier molecular flexibility index (Phi) is 2.14. The summed E-state index contributed by atoms with van der Waals surface area (Å²) in [4.78, 5) is 0. The van der Waals surface area contributed by atoms with Crippen LogP contribution in [0.15, 0.2) is 0 Å². The van der Waals surface area contributed by atoms with E-state index < -0.39 is 0 Å². The van der Waals surface area contributed by atoms with E-state index in [2.05, 4.69) is 10.6 Å². The summed E-state index contributed by atoms with van der Waals surface area (Å²) in [6.45, 7) is 3.69. The summed E-state index contributed by atoms with van der Waals surface area (Å²) in [5.74, 6) is 0. The Hall–Kier alpha value is -0.0800. The minimum Gasteiger partial charge on any atom is -0.317 e. The van der Waals surface area contributed by atoms with Gasteiger partial charge in [-0.05, 0) is 51.7 Å². The molecule has 2 aliphatic rings. The smallest absolute Gasteiger partial charge is 0.0194 e. The minimum atomic E-state index is 0.545. The predicted octanol–water partition coefficient (Wildman–Crippen LogP) is 0.882. The molecule has 2 saturated heterocycles. The highest BCUT2D eigenvalue weighted by Gasteiger charge is 2.32. The zero-order valence-electron chi connectivity index (χ0n) is 7.16. The van der Waals surface area contributed by atoms with Crippen LogP contribution in [0, 0.1) is 0 Å². The molecule has 1 spiro atoms. The summed E-state index contributed by atoms with van der Waals surface area (Å²) in [7, 11) is 0. The molecular weight excluding hydrogens is 136 g/mol. The van der Waals surface area contributed by atoms with Crippen LogP contribution in [0.4, 0.5) is 0 Å². The van der Waals surface area contributed by atoms with E-state index in [9.17, 15) is 0 Å². The van der Waals surface area contributed by atoms with E-state index in [1.54, 1.807) is 0 Å². The molecule has 0 aromatic carbocycles. The molecule has 0 saturated carbocycles. The van der Waals surface area contributed by atoms with Crippen LogP contribution in [0.1, 0.15) is 32.1 Å². The fourth-order valence-corrected chi connectivity index (χ4v) is 2.42. The van der Waals surface area contributed by atoms with Crippen molar-refractivity contribution in [3.63, 3.8) is 0 Å². The Labute approximate surface area is 68.7 Å². The molecule has 0 radical (unpaired) electrons. The van der Waals surface area contributed by atoms with Gasteiger partial charge >= 0.3 is 0 Å². The third-order valence-electron chi connectivity index (χ3n) is 3.12. The number of hydrogen-bond acceptors (Lipinski definition) is 2. The van der Waals surface area contributed by atoms with E-state index in [1.165, 1.54) is 51.7 Å². The molecule has 64 valence electrons. The molecule has 2 heterocycles. The van der Waals surface area contributed by atoms with Gasteiger partial charge in [0, 0.05) is 5.54 Å². The molecule has 2 heteroatoms. The highest BCUT2D eigenvalue weighted by Crippen LogP contribution is 2.28. The van der Waals surface area contributed by atoms with Crippen molar-refractivity contribution in [2.75, 3.05) is 19.6 Å². The molecule has 1 atom stereocenters. The van der Waals surface area contributed by atoms with Gasteiger partial charge in [0.2, 0.25) is 0 Å². The van der Waals surface area contributed by atoms with Crippen LogP contribution in [0.25, 0.3) is 0 Å². The van der Waals surface area contributed by atoms with Crippen LogP contribution < -0.4 is 10.6 Å². The van der Waals surface area contributed by atoms with E-state index in [0.717, 1.165) is 0 Å². The average molecular weight is 154 g/mol. The lowest BCUT2D eigenvalue weighted by molar-refractivity contribution is 0.337. The van der Waals surface area contributed by atoms with Crippen LogP contribution in [-0.4, -0.2) is 25.2 Å². The van der Waals surface area contributed by atoms with Crippen LogP contribution in [0.5, 0.6) is 0 Å². The lowest BCUT2D eigenvalue weighted by atomic mass is 9.89. The minimum absolute atomic E-state index is 0.545. The van der Waals surface area contributed by atoms with Gasteiger partial charge in [-0.15, -0.1) is 0 Å². The van der Waals surface area contributed by atoms with Gasteiger partial charge < -0.3 is 10.6 Å². The molecule has 11 heavy (non-hydrogen) atoms. The summed E-state index contributed by atoms with van der Waals surface area (Å²) < 4.78 is 0. The summed E-state index contributed by atoms with van der Waals surface area (Å²) in [6, 6.07) is 0. The van der Waals surface area contributed by atoms with E-state index in [0.29, 0.717) is 5.54 Å². The Balaban J connectivity index is 1.97. The van der Waals surface area contributed by atoms with Gasteiger partial charge in [-0.3, -0.25) is 0 Å². The SMILES string of the molecule is C1CNCCC2(C1)CCCN2. The molecule has 0 amide bonds. The Morgan fingerprint density at radius 2 is 1.64 bits per heavy atom. The normalized spacial score (nSPS) is 39.3. The summed E-state index contributed by atoms with van der Waals surface area (Å²) in [6.07, 6.45) is 6.88. The molecule has 0 aromatic rings. The van der Waals surface area contributed by atoms with Crippen LogP contribution in [-0.2, 0) is 0 Å². The van der Waals surface area contributed by atoms with E-state index in [4.69, 9.17) is 0 Å². The van der Waals surface area contributed by atoms with Crippen molar-refractivity contribution < 1.29 is 0 Å². The Morgan fingerprint density at radius 1 is 0.818 bits per heavy atom. The molecule has 0 aromatic heterocycles. The largest absolute Gasteiger partial charge is 0.317 e. The molecule has 2 nitrogen and oxygen atoms in total. The maximum absolute atomic E-state index is 3.67. The van der Waals surface area contributed by atoms with Crippen molar-refractivity contribution in [1.82, 2.24) is 10.6 Å². The highest BCUT2D eigenvalue weighted by atomic mass is 15.0. The first kappa shape index (κ1) is 7.56. The van der Waals surface area contributed by atoms with Gasteiger partial charge in [0.15, 0.2) is 0 Å². The van der Waals surface area contributed by atoms with Gasteiger partial charge in [0.25, 0.3) is 0 Å². The average Bonchev–Trinajstić information content (AvgIpc) is 2.32. The molecular formula is C9H18N2. The summed E-state index contributed by atoms with van der Waals surface area (Å²) >= 11 is 0. The first-order valence-electron chi connectivity index (χ1n) is 4.87. The standard InChI is InChI=1S/C9H18N2/c1-3-9(4-2-7-11-9)5-8-10-6-1/h10-11H,1-8H2. The second-order valence-corrected chi connectivity index (χ2v) is 3.91. The topological polar surface area (TPSA) is 24.1 Å². The van der Waals surface area contributed by atoms with Gasteiger partial charge in [0.1, 0.15) is 0 Å². The fourth-order valence-electron chi connectivity index (χ4n) is 2.42. The zero-order chi connectivity index (χ0) is 7.57. The lowest BCUT2D eigenvalue weighted by Crippen LogP contribution is -2.40. The molecule has 2 N–H and O–H groups in total. The van der Waals surface area contributed by atoms with Crippen molar-refractivity contribution in [1.29, 1.82) is 0 Å². The molecule has 2 rings (SSSR count). The number of nitrogens with one attached hydrogen (secondary N) is 2. The van der Waals surface area contributed by atoms with Crippen LogP contribution in [0.2, 0.25) is 0 Å². The monoisotopic (exact) mass is 154 g/mol. The molecule has 0 bridgehead atoms. The van der Waals surface area contributed by atoms with Gasteiger partial charge in [-0.2, -0.15) is 0 Å². The van der Waals surface area contributed by atoms with Crippen molar-refractivity contribution in [3.8, 4) is 0 Å². The molecule has 2 aliphatic heterocycles. The van der Waals surface area contributed by atoms with Gasteiger partial charge in [-0.1, -0.05) is 0 Å². The molecule has 1 unspecified atom stereocenters. The Bertz CT molecular complexity index is 118. The summed E-state index contributed by atoms with van der Waals surface area (Å²) in [5.41, 5.74) is 0.545. The lowest BCUT2D eigenvalue weighted by Gasteiger charge is -2.27. The predicted molar refractivity (Wildman–Crippen MR) is 46.7 cm³/mol. The van der Waals surface area contributed by atoms with Gasteiger partial charge in [-0.25, -0.2) is 0 Å². The first-order chi connectivity index (χ1) is 5.41. The van der Waals surface area contributed by atoms with Crippen molar-refractivity contribution >= 4 is 0 Å². The van der Waals surface area contributed by atoms with Crippen molar-refractivity contribution in [3.05, 3.63) is 0 Å². The zero-order valence-corrected chi connectivity index (χ0v) is 7.16. The van der Waals surface area contributed by atoms with E-state index >= 15 is 0 Å². The first-order valence-corrected chi connectivity index (χ1v) is 4.87. The number of rotatable bonds is 0. The van der Waals surface area contributed by atoms with E-state index in [1.807, 2.05) is 0 Å².